The van der Waals surface area contributed by atoms with Crippen LogP contribution in [0, 0.1) is 11.8 Å². The predicted molar refractivity (Wildman–Crippen MR) is 90.7 cm³/mol. The van der Waals surface area contributed by atoms with Crippen LogP contribution < -0.4 is 0 Å². The number of hydrogen-bond acceptors (Lipinski definition) is 2. The van der Waals surface area contributed by atoms with Gasteiger partial charge in [0.1, 0.15) is 0 Å². The van der Waals surface area contributed by atoms with Crippen molar-refractivity contribution in [1.82, 2.24) is 4.90 Å². The van der Waals surface area contributed by atoms with Crippen molar-refractivity contribution in [1.29, 1.82) is 0 Å². The topological polar surface area (TPSA) is 12.5 Å². The third-order valence-electron chi connectivity index (χ3n) is 5.54. The van der Waals surface area contributed by atoms with E-state index in [1.54, 1.807) is 0 Å². The van der Waals surface area contributed by atoms with Crippen molar-refractivity contribution in [3.05, 3.63) is 0 Å². The maximum atomic E-state index is 5.95. The highest BCUT2D eigenvalue weighted by Crippen LogP contribution is 2.30. The van der Waals surface area contributed by atoms with E-state index in [4.69, 9.17) is 4.74 Å². The van der Waals surface area contributed by atoms with Crippen molar-refractivity contribution in [2.45, 2.75) is 90.8 Å². The molecular weight excluding hydrogens is 258 g/mol. The molecule has 0 bridgehead atoms. The Morgan fingerprint density at radius 1 is 1.00 bits per heavy atom. The lowest BCUT2D eigenvalue weighted by Gasteiger charge is -2.30. The Morgan fingerprint density at radius 2 is 1.76 bits per heavy atom. The highest BCUT2D eigenvalue weighted by Gasteiger charge is 2.23. The van der Waals surface area contributed by atoms with Gasteiger partial charge in [0.25, 0.3) is 0 Å². The monoisotopic (exact) mass is 295 g/mol. The van der Waals surface area contributed by atoms with Gasteiger partial charge >= 0.3 is 0 Å². The first-order valence-electron chi connectivity index (χ1n) is 9.55. The minimum absolute atomic E-state index is 0.402. The second-order valence-electron chi connectivity index (χ2n) is 7.69. The third-order valence-corrected chi connectivity index (χ3v) is 5.54. The van der Waals surface area contributed by atoms with E-state index in [0.717, 1.165) is 11.8 Å². The van der Waals surface area contributed by atoms with Crippen LogP contribution in [-0.2, 0) is 4.74 Å². The summed E-state index contributed by atoms with van der Waals surface area (Å²) in [4.78, 5) is 2.70. The maximum Gasteiger partial charge on any atom is 0.0578 e. The quantitative estimate of drug-likeness (QED) is 0.592. The lowest BCUT2D eigenvalue weighted by Crippen LogP contribution is -2.25. The Labute approximate surface area is 132 Å². The minimum atomic E-state index is 0.402. The van der Waals surface area contributed by atoms with Crippen LogP contribution in [0.4, 0.5) is 0 Å². The van der Waals surface area contributed by atoms with E-state index in [1.165, 1.54) is 77.4 Å². The van der Waals surface area contributed by atoms with Crippen LogP contribution in [0.3, 0.4) is 0 Å². The summed E-state index contributed by atoms with van der Waals surface area (Å²) in [5, 5.41) is 0. The predicted octanol–water partition coefficient (Wildman–Crippen LogP) is 4.87. The van der Waals surface area contributed by atoms with Gasteiger partial charge in [-0.3, -0.25) is 0 Å². The van der Waals surface area contributed by atoms with Crippen LogP contribution in [0.5, 0.6) is 0 Å². The molecule has 1 saturated carbocycles. The number of ether oxygens (including phenoxy) is 1. The number of rotatable bonds is 8. The van der Waals surface area contributed by atoms with Gasteiger partial charge in [-0.1, -0.05) is 26.2 Å². The number of unbranched alkanes of at least 4 members (excludes halogenated alkanes) is 1. The van der Waals surface area contributed by atoms with Crippen molar-refractivity contribution in [2.24, 2.45) is 11.8 Å². The molecule has 1 unspecified atom stereocenters. The molecular formula is C19H37NO. The molecule has 0 aromatic heterocycles. The Morgan fingerprint density at radius 3 is 2.38 bits per heavy atom. The summed E-state index contributed by atoms with van der Waals surface area (Å²) in [6.07, 6.45) is 13.5. The summed E-state index contributed by atoms with van der Waals surface area (Å²) < 4.78 is 5.95. The van der Waals surface area contributed by atoms with Gasteiger partial charge in [0.15, 0.2) is 0 Å². The molecule has 1 atom stereocenters. The Hall–Kier alpha value is -0.0800. The van der Waals surface area contributed by atoms with Gasteiger partial charge in [-0.15, -0.1) is 0 Å². The molecule has 1 heterocycles. The summed E-state index contributed by atoms with van der Waals surface area (Å²) in [5.74, 6) is 1.97. The molecule has 0 amide bonds. The Kier molecular flexibility index (Phi) is 7.53. The zero-order valence-corrected chi connectivity index (χ0v) is 14.7. The summed E-state index contributed by atoms with van der Waals surface area (Å²) >= 11 is 0. The molecule has 2 fully saturated rings. The zero-order valence-electron chi connectivity index (χ0n) is 14.7. The van der Waals surface area contributed by atoms with Crippen LogP contribution >= 0.6 is 0 Å². The van der Waals surface area contributed by atoms with Gasteiger partial charge in [0, 0.05) is 6.54 Å². The minimum Gasteiger partial charge on any atom is -0.376 e. The second-order valence-corrected chi connectivity index (χ2v) is 7.69. The fourth-order valence-corrected chi connectivity index (χ4v) is 4.16. The Balaban J connectivity index is 1.48. The van der Waals surface area contributed by atoms with Crippen molar-refractivity contribution in [3.63, 3.8) is 0 Å². The molecule has 1 aliphatic carbocycles. The second kappa shape index (κ2) is 9.15. The molecule has 0 aromatic rings. The molecule has 2 rings (SSSR count). The first-order chi connectivity index (χ1) is 10.2. The largest absolute Gasteiger partial charge is 0.376 e. The van der Waals surface area contributed by atoms with Gasteiger partial charge in [-0.2, -0.15) is 0 Å². The molecule has 0 radical (unpaired) electrons. The van der Waals surface area contributed by atoms with E-state index in [0.29, 0.717) is 12.2 Å². The van der Waals surface area contributed by atoms with Crippen molar-refractivity contribution >= 4 is 0 Å². The van der Waals surface area contributed by atoms with Gasteiger partial charge < -0.3 is 9.64 Å². The Bertz CT molecular complexity index is 271. The van der Waals surface area contributed by atoms with E-state index in [1.807, 2.05) is 0 Å². The van der Waals surface area contributed by atoms with Crippen molar-refractivity contribution in [2.75, 3.05) is 19.6 Å². The lowest BCUT2D eigenvalue weighted by molar-refractivity contribution is -0.0203. The zero-order chi connectivity index (χ0) is 15.1. The van der Waals surface area contributed by atoms with E-state index in [-0.39, 0.29) is 0 Å². The van der Waals surface area contributed by atoms with E-state index in [9.17, 15) is 0 Å². The van der Waals surface area contributed by atoms with E-state index >= 15 is 0 Å². The van der Waals surface area contributed by atoms with Crippen LogP contribution in [0.15, 0.2) is 0 Å². The summed E-state index contributed by atoms with van der Waals surface area (Å²) in [5.41, 5.74) is 0. The smallest absolute Gasteiger partial charge is 0.0578 e. The molecule has 2 nitrogen and oxygen atoms in total. The van der Waals surface area contributed by atoms with Crippen LogP contribution in [-0.4, -0.2) is 36.7 Å². The summed E-state index contributed by atoms with van der Waals surface area (Å²) in [6, 6.07) is 0. The first-order valence-corrected chi connectivity index (χ1v) is 9.55. The number of likely N-dealkylation sites (tertiary alicyclic amines) is 1. The fraction of sp³-hybridized carbons (Fsp3) is 1.00. The molecule has 2 aliphatic rings. The van der Waals surface area contributed by atoms with Crippen molar-refractivity contribution < 1.29 is 4.74 Å². The molecule has 0 N–H and O–H groups in total. The van der Waals surface area contributed by atoms with Gasteiger partial charge in [-0.25, -0.2) is 0 Å². The average Bonchev–Trinajstić information content (AvgIpc) is 2.93. The summed E-state index contributed by atoms with van der Waals surface area (Å²) in [7, 11) is 0. The standard InChI is InChI=1S/C19H37NO/c1-4-17-12-14-20(15-17)13-6-5-7-18-8-10-19(11-9-18)21-16(2)3/h16-19H,4-15H2,1-3H3. The van der Waals surface area contributed by atoms with Gasteiger partial charge in [-0.05, 0) is 77.3 Å². The lowest BCUT2D eigenvalue weighted by atomic mass is 9.84. The molecule has 2 heteroatoms. The SMILES string of the molecule is CCC1CCN(CCCCC2CCC(OC(C)C)CC2)C1. The number of nitrogens with zero attached hydrogens (tertiary/aromatic N) is 1. The molecule has 1 saturated heterocycles. The van der Waals surface area contributed by atoms with Crippen LogP contribution in [0.2, 0.25) is 0 Å². The highest BCUT2D eigenvalue weighted by molar-refractivity contribution is 4.76. The first kappa shape index (κ1) is 17.3. The molecule has 1 aliphatic heterocycles. The molecule has 0 spiro atoms. The van der Waals surface area contributed by atoms with Crippen molar-refractivity contribution in [3.8, 4) is 0 Å². The number of hydrogen-bond donors (Lipinski definition) is 0. The van der Waals surface area contributed by atoms with Gasteiger partial charge in [0.2, 0.25) is 0 Å². The highest BCUT2D eigenvalue weighted by atomic mass is 16.5. The maximum absolute atomic E-state index is 5.95. The normalized spacial score (nSPS) is 31.1. The van der Waals surface area contributed by atoms with E-state index < -0.39 is 0 Å². The van der Waals surface area contributed by atoms with Crippen LogP contribution in [0.25, 0.3) is 0 Å². The van der Waals surface area contributed by atoms with Crippen LogP contribution in [0.1, 0.15) is 78.6 Å². The fourth-order valence-electron chi connectivity index (χ4n) is 4.16. The molecule has 21 heavy (non-hydrogen) atoms. The average molecular weight is 296 g/mol. The van der Waals surface area contributed by atoms with E-state index in [2.05, 4.69) is 25.7 Å². The molecule has 124 valence electrons. The van der Waals surface area contributed by atoms with Gasteiger partial charge in [0.05, 0.1) is 12.2 Å². The molecule has 0 aromatic carbocycles. The third kappa shape index (κ3) is 6.28. The summed E-state index contributed by atoms with van der Waals surface area (Å²) in [6.45, 7) is 10.7.